The third-order valence-corrected chi connectivity index (χ3v) is 5.39. The number of nitrogens with one attached hydrogen (secondary N) is 1. The highest BCUT2D eigenvalue weighted by molar-refractivity contribution is 7.91. The van der Waals surface area contributed by atoms with Crippen molar-refractivity contribution in [3.8, 4) is 0 Å². The van der Waals surface area contributed by atoms with Gasteiger partial charge in [0.1, 0.15) is 0 Å². The lowest BCUT2D eigenvalue weighted by molar-refractivity contribution is 0.193. The Labute approximate surface area is 111 Å². The second kappa shape index (κ2) is 7.46. The molecule has 4 nitrogen and oxygen atoms in total. The molecule has 5 heteroatoms. The average molecular weight is 277 g/mol. The molecule has 1 N–H and O–H groups in total. The second-order valence-corrected chi connectivity index (χ2v) is 7.98. The van der Waals surface area contributed by atoms with E-state index >= 15 is 0 Å². The smallest absolute Gasteiger partial charge is 0.150 e. The molecule has 0 spiro atoms. The Bertz CT molecular complexity index is 327. The molecule has 0 radical (unpaired) electrons. The maximum Gasteiger partial charge on any atom is 0.150 e. The Morgan fingerprint density at radius 3 is 2.61 bits per heavy atom. The highest BCUT2D eigenvalue weighted by atomic mass is 32.2. The standard InChI is InChI=1S/C13H27NO3S/c1-11(2)8-13(9-14-5-6-17-3)12-4-7-18(15,16)10-12/h11-14H,4-10H2,1-3H3. The fourth-order valence-electron chi connectivity index (χ4n) is 2.71. The molecule has 1 aliphatic rings. The summed E-state index contributed by atoms with van der Waals surface area (Å²) in [7, 11) is -1.07. The quantitative estimate of drug-likeness (QED) is 0.680. The van der Waals surface area contributed by atoms with Gasteiger partial charge in [0.2, 0.25) is 0 Å². The van der Waals surface area contributed by atoms with Crippen molar-refractivity contribution in [2.24, 2.45) is 17.8 Å². The number of hydrogen-bond donors (Lipinski definition) is 1. The van der Waals surface area contributed by atoms with E-state index in [0.717, 1.165) is 25.9 Å². The molecular weight excluding hydrogens is 250 g/mol. The van der Waals surface area contributed by atoms with Crippen LogP contribution >= 0.6 is 0 Å². The van der Waals surface area contributed by atoms with E-state index < -0.39 is 9.84 Å². The van der Waals surface area contributed by atoms with Gasteiger partial charge in [0.25, 0.3) is 0 Å². The van der Waals surface area contributed by atoms with Crippen LogP contribution in [-0.2, 0) is 14.6 Å². The van der Waals surface area contributed by atoms with Crippen molar-refractivity contribution < 1.29 is 13.2 Å². The maximum atomic E-state index is 11.6. The van der Waals surface area contributed by atoms with Crippen LogP contribution in [0.2, 0.25) is 0 Å². The van der Waals surface area contributed by atoms with E-state index in [4.69, 9.17) is 4.74 Å². The highest BCUT2D eigenvalue weighted by Gasteiger charge is 2.33. The van der Waals surface area contributed by atoms with Crippen LogP contribution in [0.4, 0.5) is 0 Å². The van der Waals surface area contributed by atoms with Gasteiger partial charge >= 0.3 is 0 Å². The van der Waals surface area contributed by atoms with Crippen LogP contribution < -0.4 is 5.32 Å². The van der Waals surface area contributed by atoms with E-state index in [1.807, 2.05) is 0 Å². The minimum absolute atomic E-state index is 0.340. The summed E-state index contributed by atoms with van der Waals surface area (Å²) in [5.41, 5.74) is 0. The summed E-state index contributed by atoms with van der Waals surface area (Å²) in [4.78, 5) is 0. The Balaban J connectivity index is 2.45. The van der Waals surface area contributed by atoms with Gasteiger partial charge in [-0.1, -0.05) is 13.8 Å². The number of rotatable bonds is 8. The zero-order valence-electron chi connectivity index (χ0n) is 11.8. The van der Waals surface area contributed by atoms with Gasteiger partial charge in [0.15, 0.2) is 9.84 Å². The van der Waals surface area contributed by atoms with Crippen LogP contribution in [0.3, 0.4) is 0 Å². The first-order valence-corrected chi connectivity index (χ1v) is 8.67. The first-order valence-electron chi connectivity index (χ1n) is 6.84. The number of hydrogen-bond acceptors (Lipinski definition) is 4. The Hall–Kier alpha value is -0.130. The van der Waals surface area contributed by atoms with Crippen LogP contribution in [0.1, 0.15) is 26.7 Å². The molecule has 0 aromatic heterocycles. The van der Waals surface area contributed by atoms with Crippen molar-refractivity contribution in [1.29, 1.82) is 0 Å². The molecule has 1 heterocycles. The molecular formula is C13H27NO3S. The Morgan fingerprint density at radius 1 is 1.39 bits per heavy atom. The summed E-state index contributed by atoms with van der Waals surface area (Å²) >= 11 is 0. The lowest BCUT2D eigenvalue weighted by atomic mass is 9.85. The van der Waals surface area contributed by atoms with Crippen molar-refractivity contribution in [2.45, 2.75) is 26.7 Å². The van der Waals surface area contributed by atoms with Crippen molar-refractivity contribution in [3.05, 3.63) is 0 Å². The zero-order valence-corrected chi connectivity index (χ0v) is 12.6. The maximum absolute atomic E-state index is 11.6. The third-order valence-electron chi connectivity index (χ3n) is 3.60. The molecule has 1 fully saturated rings. The SMILES string of the molecule is COCCNCC(CC(C)C)C1CCS(=O)(=O)C1. The fraction of sp³-hybridized carbons (Fsp3) is 1.00. The van der Waals surface area contributed by atoms with Crippen LogP contribution in [0.15, 0.2) is 0 Å². The van der Waals surface area contributed by atoms with Gasteiger partial charge in [-0.2, -0.15) is 0 Å². The predicted octanol–water partition coefficient (Wildman–Crippen LogP) is 1.32. The summed E-state index contributed by atoms with van der Waals surface area (Å²) in [6.07, 6.45) is 1.94. The summed E-state index contributed by atoms with van der Waals surface area (Å²) in [6, 6.07) is 0. The van der Waals surface area contributed by atoms with Crippen molar-refractivity contribution in [3.63, 3.8) is 0 Å². The molecule has 18 heavy (non-hydrogen) atoms. The largest absolute Gasteiger partial charge is 0.383 e. The highest BCUT2D eigenvalue weighted by Crippen LogP contribution is 2.29. The van der Waals surface area contributed by atoms with Crippen LogP contribution in [0.25, 0.3) is 0 Å². The zero-order chi connectivity index (χ0) is 13.6. The van der Waals surface area contributed by atoms with Crippen molar-refractivity contribution in [1.82, 2.24) is 5.32 Å². The summed E-state index contributed by atoms with van der Waals surface area (Å²) in [5, 5.41) is 3.38. The van der Waals surface area contributed by atoms with E-state index in [9.17, 15) is 8.42 Å². The predicted molar refractivity (Wildman–Crippen MR) is 74.5 cm³/mol. The first-order chi connectivity index (χ1) is 8.44. The molecule has 1 saturated heterocycles. The lowest BCUT2D eigenvalue weighted by Gasteiger charge is -2.24. The van der Waals surface area contributed by atoms with Gasteiger partial charge in [-0.25, -0.2) is 8.42 Å². The van der Waals surface area contributed by atoms with E-state index in [1.54, 1.807) is 7.11 Å². The minimum Gasteiger partial charge on any atom is -0.383 e. The average Bonchev–Trinajstić information content (AvgIpc) is 2.63. The summed E-state index contributed by atoms with van der Waals surface area (Å²) in [6.45, 7) is 6.85. The Morgan fingerprint density at radius 2 is 2.11 bits per heavy atom. The molecule has 2 unspecified atom stereocenters. The molecule has 0 aliphatic carbocycles. The van der Waals surface area contributed by atoms with Crippen LogP contribution in [0, 0.1) is 17.8 Å². The molecule has 108 valence electrons. The molecule has 2 atom stereocenters. The summed E-state index contributed by atoms with van der Waals surface area (Å²) < 4.78 is 28.1. The van der Waals surface area contributed by atoms with Gasteiger partial charge in [-0.3, -0.25) is 0 Å². The van der Waals surface area contributed by atoms with E-state index in [2.05, 4.69) is 19.2 Å². The van der Waals surface area contributed by atoms with Crippen LogP contribution in [-0.4, -0.2) is 46.7 Å². The monoisotopic (exact) mass is 277 g/mol. The minimum atomic E-state index is -2.76. The molecule has 0 aromatic rings. The number of methoxy groups -OCH3 is 1. The normalized spacial score (nSPS) is 24.6. The fourth-order valence-corrected chi connectivity index (χ4v) is 4.62. The van der Waals surface area contributed by atoms with Gasteiger partial charge in [0, 0.05) is 13.7 Å². The third kappa shape index (κ3) is 5.67. The van der Waals surface area contributed by atoms with Gasteiger partial charge in [0.05, 0.1) is 18.1 Å². The topological polar surface area (TPSA) is 55.4 Å². The number of ether oxygens (including phenoxy) is 1. The van der Waals surface area contributed by atoms with Crippen molar-refractivity contribution in [2.75, 3.05) is 38.3 Å². The van der Waals surface area contributed by atoms with E-state index in [1.165, 1.54) is 0 Å². The molecule has 0 aromatic carbocycles. The first kappa shape index (κ1) is 15.9. The van der Waals surface area contributed by atoms with E-state index in [-0.39, 0.29) is 0 Å². The van der Waals surface area contributed by atoms with Crippen molar-refractivity contribution >= 4 is 9.84 Å². The van der Waals surface area contributed by atoms with Gasteiger partial charge < -0.3 is 10.1 Å². The number of sulfone groups is 1. The molecule has 1 aliphatic heterocycles. The molecule has 0 amide bonds. The lowest BCUT2D eigenvalue weighted by Crippen LogP contribution is -2.32. The van der Waals surface area contributed by atoms with Crippen LogP contribution in [0.5, 0.6) is 0 Å². The van der Waals surface area contributed by atoms with Gasteiger partial charge in [-0.05, 0) is 37.1 Å². The molecule has 0 saturated carbocycles. The second-order valence-electron chi connectivity index (χ2n) is 5.75. The molecule has 1 rings (SSSR count). The van der Waals surface area contributed by atoms with E-state index in [0.29, 0.717) is 35.9 Å². The molecule has 0 bridgehead atoms. The Kier molecular flexibility index (Phi) is 6.60. The van der Waals surface area contributed by atoms with Gasteiger partial charge in [-0.15, -0.1) is 0 Å². The summed E-state index contributed by atoms with van der Waals surface area (Å²) in [5.74, 6) is 2.19.